The summed E-state index contributed by atoms with van der Waals surface area (Å²) in [6, 6.07) is 25.5. The highest BCUT2D eigenvalue weighted by Crippen LogP contribution is 2.27. The van der Waals surface area contributed by atoms with Gasteiger partial charge in [-0.3, -0.25) is 9.80 Å². The molecule has 1 unspecified atom stereocenters. The molecule has 0 radical (unpaired) electrons. The zero-order valence-corrected chi connectivity index (χ0v) is 23.0. The van der Waals surface area contributed by atoms with Crippen LogP contribution in [0.3, 0.4) is 0 Å². The van der Waals surface area contributed by atoms with Gasteiger partial charge in [0.2, 0.25) is 0 Å². The molecule has 1 aliphatic heterocycles. The second-order valence-electron chi connectivity index (χ2n) is 10.1. The predicted octanol–water partition coefficient (Wildman–Crippen LogP) is 5.71. The van der Waals surface area contributed by atoms with E-state index in [1.165, 1.54) is 11.1 Å². The maximum atomic E-state index is 13.6. The smallest absolute Gasteiger partial charge is 0.324 e. The van der Waals surface area contributed by atoms with Gasteiger partial charge >= 0.3 is 6.03 Å². The van der Waals surface area contributed by atoms with Gasteiger partial charge in [0.1, 0.15) is 0 Å². The van der Waals surface area contributed by atoms with Crippen LogP contribution in [-0.4, -0.2) is 66.9 Å². The fourth-order valence-corrected chi connectivity index (χ4v) is 5.09. The predicted molar refractivity (Wildman–Crippen MR) is 154 cm³/mol. The van der Waals surface area contributed by atoms with Crippen LogP contribution in [0.25, 0.3) is 11.1 Å². The lowest BCUT2D eigenvalue weighted by atomic mass is 10.0. The van der Waals surface area contributed by atoms with Crippen molar-refractivity contribution in [2.24, 2.45) is 0 Å². The number of nitrogens with zero attached hydrogens (tertiary/aromatic N) is 3. The minimum Gasteiger partial charge on any atom is -0.395 e. The van der Waals surface area contributed by atoms with Crippen LogP contribution >= 0.6 is 0 Å². The standard InChI is InChI=1S/C32H41N3O3/c1-4-33(20-21-38-3)32(37)35(23-27-9-7-25(2)8-10-27)30-17-15-29(16-18-30)28-13-11-26(12-14-28)22-34-19-5-6-31(34)24-36/h7-18,31,36H,4-6,19-24H2,1-3H3. The second kappa shape index (κ2) is 13.6. The molecule has 1 N–H and O–H groups in total. The molecule has 2 amide bonds. The van der Waals surface area contributed by atoms with Crippen molar-refractivity contribution in [3.05, 3.63) is 89.5 Å². The third kappa shape index (κ3) is 7.01. The summed E-state index contributed by atoms with van der Waals surface area (Å²) in [5.74, 6) is 0. The molecule has 1 heterocycles. The molecule has 6 nitrogen and oxygen atoms in total. The summed E-state index contributed by atoms with van der Waals surface area (Å²) in [6.45, 7) is 8.40. The number of benzene rings is 3. The lowest BCUT2D eigenvalue weighted by Gasteiger charge is -2.30. The van der Waals surface area contributed by atoms with Crippen LogP contribution in [0.5, 0.6) is 0 Å². The lowest BCUT2D eigenvalue weighted by Crippen LogP contribution is -2.44. The maximum absolute atomic E-state index is 13.6. The van der Waals surface area contributed by atoms with Crippen LogP contribution in [0.1, 0.15) is 36.5 Å². The fourth-order valence-electron chi connectivity index (χ4n) is 5.09. The first kappa shape index (κ1) is 27.8. The van der Waals surface area contributed by atoms with E-state index < -0.39 is 0 Å². The molecule has 3 aromatic rings. The topological polar surface area (TPSA) is 56.2 Å². The Morgan fingerprint density at radius 3 is 2.21 bits per heavy atom. The van der Waals surface area contributed by atoms with Crippen LogP contribution in [0, 0.1) is 6.92 Å². The van der Waals surface area contributed by atoms with Gasteiger partial charge in [-0.05, 0) is 67.6 Å². The SMILES string of the molecule is CCN(CCOC)C(=O)N(Cc1ccc(C)cc1)c1ccc(-c2ccc(CN3CCCC3CO)cc2)cc1. The van der Waals surface area contributed by atoms with Gasteiger partial charge in [-0.1, -0.05) is 66.2 Å². The number of hydrogen-bond donors (Lipinski definition) is 1. The molecule has 1 aliphatic rings. The largest absolute Gasteiger partial charge is 0.395 e. The van der Waals surface area contributed by atoms with E-state index in [-0.39, 0.29) is 18.7 Å². The van der Waals surface area contributed by atoms with Crippen molar-refractivity contribution in [1.29, 1.82) is 0 Å². The van der Waals surface area contributed by atoms with E-state index in [2.05, 4.69) is 72.5 Å². The Balaban J connectivity index is 1.51. The Bertz CT molecular complexity index is 1150. The van der Waals surface area contributed by atoms with Crippen molar-refractivity contribution in [3.8, 4) is 11.1 Å². The Hall–Kier alpha value is -3.19. The molecule has 0 spiro atoms. The van der Waals surface area contributed by atoms with E-state index in [9.17, 15) is 9.90 Å². The number of anilines is 1. The van der Waals surface area contributed by atoms with Gasteiger partial charge in [0, 0.05) is 38.5 Å². The molecule has 4 rings (SSSR count). The van der Waals surface area contributed by atoms with E-state index in [4.69, 9.17) is 4.74 Å². The number of likely N-dealkylation sites (N-methyl/N-ethyl adjacent to an activating group) is 1. The zero-order valence-electron chi connectivity index (χ0n) is 23.0. The van der Waals surface area contributed by atoms with Crippen molar-refractivity contribution < 1.29 is 14.6 Å². The van der Waals surface area contributed by atoms with E-state index in [1.807, 2.05) is 28.9 Å². The first-order chi connectivity index (χ1) is 18.5. The van der Waals surface area contributed by atoms with Crippen LogP contribution in [-0.2, 0) is 17.8 Å². The molecule has 1 saturated heterocycles. The summed E-state index contributed by atoms with van der Waals surface area (Å²) in [6.07, 6.45) is 2.23. The van der Waals surface area contributed by atoms with Crippen molar-refractivity contribution in [2.75, 3.05) is 44.9 Å². The minimum atomic E-state index is -0.0228. The van der Waals surface area contributed by atoms with Gasteiger partial charge in [-0.15, -0.1) is 0 Å². The molecule has 3 aromatic carbocycles. The molecule has 6 heteroatoms. The van der Waals surface area contributed by atoms with Crippen molar-refractivity contribution in [2.45, 2.75) is 45.8 Å². The Labute approximate surface area is 227 Å². The Morgan fingerprint density at radius 1 is 0.974 bits per heavy atom. The number of rotatable bonds is 11. The average molecular weight is 516 g/mol. The normalized spacial score (nSPS) is 15.5. The summed E-state index contributed by atoms with van der Waals surface area (Å²) < 4.78 is 5.24. The quantitative estimate of drug-likeness (QED) is 0.355. The highest BCUT2D eigenvalue weighted by atomic mass is 16.5. The molecule has 0 bridgehead atoms. The number of carbonyl (C=O) groups is 1. The van der Waals surface area contributed by atoms with Gasteiger partial charge in [0.05, 0.1) is 19.8 Å². The molecule has 0 aromatic heterocycles. The number of aryl methyl sites for hydroxylation is 1. The number of aliphatic hydroxyl groups is 1. The number of likely N-dealkylation sites (tertiary alicyclic amines) is 1. The molecule has 0 aliphatic carbocycles. The number of ether oxygens (including phenoxy) is 1. The second-order valence-corrected chi connectivity index (χ2v) is 10.1. The van der Waals surface area contributed by atoms with Crippen LogP contribution in [0.4, 0.5) is 10.5 Å². The summed E-state index contributed by atoms with van der Waals surface area (Å²) >= 11 is 0. The molecule has 202 valence electrons. The Kier molecular flexibility index (Phi) is 9.93. The van der Waals surface area contributed by atoms with Crippen molar-refractivity contribution in [1.82, 2.24) is 9.80 Å². The number of hydrogen-bond acceptors (Lipinski definition) is 4. The van der Waals surface area contributed by atoms with Gasteiger partial charge < -0.3 is 14.7 Å². The molecule has 1 fully saturated rings. The summed E-state index contributed by atoms with van der Waals surface area (Å²) in [4.78, 5) is 19.7. The molecule has 38 heavy (non-hydrogen) atoms. The van der Waals surface area contributed by atoms with Gasteiger partial charge in [0.15, 0.2) is 0 Å². The number of methoxy groups -OCH3 is 1. The fraction of sp³-hybridized carbons (Fsp3) is 0.406. The monoisotopic (exact) mass is 515 g/mol. The highest BCUT2D eigenvalue weighted by Gasteiger charge is 2.24. The molecule has 0 saturated carbocycles. The van der Waals surface area contributed by atoms with Crippen LogP contribution < -0.4 is 4.90 Å². The van der Waals surface area contributed by atoms with Gasteiger partial charge in [-0.25, -0.2) is 4.79 Å². The van der Waals surface area contributed by atoms with Crippen molar-refractivity contribution in [3.63, 3.8) is 0 Å². The molecule has 1 atom stereocenters. The average Bonchev–Trinajstić information content (AvgIpc) is 3.40. The van der Waals surface area contributed by atoms with Crippen LogP contribution in [0.15, 0.2) is 72.8 Å². The van der Waals surface area contributed by atoms with Crippen LogP contribution in [0.2, 0.25) is 0 Å². The third-order valence-corrected chi connectivity index (χ3v) is 7.47. The number of carbonyl (C=O) groups excluding carboxylic acids is 1. The molecular formula is C32H41N3O3. The van der Waals surface area contributed by atoms with E-state index in [0.29, 0.717) is 26.2 Å². The highest BCUT2D eigenvalue weighted by molar-refractivity contribution is 5.92. The number of amides is 2. The van der Waals surface area contributed by atoms with E-state index in [1.54, 1.807) is 7.11 Å². The number of aliphatic hydroxyl groups excluding tert-OH is 1. The van der Waals surface area contributed by atoms with Gasteiger partial charge in [-0.2, -0.15) is 0 Å². The minimum absolute atomic E-state index is 0.0228. The summed E-state index contributed by atoms with van der Waals surface area (Å²) in [5, 5.41) is 9.60. The van der Waals surface area contributed by atoms with Crippen molar-refractivity contribution >= 4 is 11.7 Å². The lowest BCUT2D eigenvalue weighted by molar-refractivity contribution is 0.153. The maximum Gasteiger partial charge on any atom is 0.324 e. The zero-order chi connectivity index (χ0) is 26.9. The summed E-state index contributed by atoms with van der Waals surface area (Å²) in [5.41, 5.74) is 6.68. The third-order valence-electron chi connectivity index (χ3n) is 7.47. The number of urea groups is 1. The molecular weight excluding hydrogens is 474 g/mol. The van der Waals surface area contributed by atoms with E-state index in [0.717, 1.165) is 48.3 Å². The first-order valence-corrected chi connectivity index (χ1v) is 13.7. The Morgan fingerprint density at radius 2 is 1.61 bits per heavy atom. The summed E-state index contributed by atoms with van der Waals surface area (Å²) in [7, 11) is 1.66. The van der Waals surface area contributed by atoms with E-state index >= 15 is 0 Å². The van der Waals surface area contributed by atoms with Gasteiger partial charge in [0.25, 0.3) is 0 Å². The first-order valence-electron chi connectivity index (χ1n) is 13.7.